The molecular weight excluding hydrogens is 356 g/mol. The number of benzene rings is 2. The Morgan fingerprint density at radius 3 is 2.29 bits per heavy atom. The van der Waals surface area contributed by atoms with Crippen LogP contribution >= 0.6 is 0 Å². The lowest BCUT2D eigenvalue weighted by molar-refractivity contribution is -0.116. The average molecular weight is 372 g/mol. The van der Waals surface area contributed by atoms with Gasteiger partial charge in [-0.15, -0.1) is 0 Å². The van der Waals surface area contributed by atoms with Crippen LogP contribution in [0.2, 0.25) is 0 Å². The summed E-state index contributed by atoms with van der Waals surface area (Å²) >= 11 is 0. The number of amides is 1. The molecule has 0 aliphatic heterocycles. The Morgan fingerprint density at radius 1 is 0.893 bits per heavy atom. The van der Waals surface area contributed by atoms with Gasteiger partial charge in [0.2, 0.25) is 5.91 Å². The summed E-state index contributed by atoms with van der Waals surface area (Å²) in [5, 5.41) is 2.75. The molecule has 1 heterocycles. The zero-order valence-corrected chi connectivity index (χ0v) is 14.8. The molecule has 4 rings (SSSR count). The van der Waals surface area contributed by atoms with Crippen LogP contribution in [0.1, 0.15) is 48.8 Å². The molecule has 2 aromatic carbocycles. The Hall–Kier alpha value is -3.80. The molecule has 6 heteroatoms. The minimum absolute atomic E-state index is 0.169. The highest BCUT2D eigenvalue weighted by molar-refractivity contribution is 6.28. The molecule has 0 saturated carbocycles. The minimum Gasteiger partial charge on any atom is -0.345 e. The van der Waals surface area contributed by atoms with Gasteiger partial charge in [-0.05, 0) is 30.3 Å². The number of aromatic nitrogens is 1. The van der Waals surface area contributed by atoms with E-state index in [4.69, 9.17) is 0 Å². The van der Waals surface area contributed by atoms with Crippen LogP contribution in [0, 0.1) is 0 Å². The molecule has 0 spiro atoms. The molecule has 28 heavy (non-hydrogen) atoms. The Bertz CT molecular complexity index is 1130. The van der Waals surface area contributed by atoms with E-state index in [-0.39, 0.29) is 29.5 Å². The second-order valence-corrected chi connectivity index (χ2v) is 6.51. The van der Waals surface area contributed by atoms with Crippen molar-refractivity contribution in [1.82, 2.24) is 4.57 Å². The normalized spacial score (nSPS) is 12.3. The van der Waals surface area contributed by atoms with Gasteiger partial charge in [0.05, 0.1) is 5.69 Å². The van der Waals surface area contributed by atoms with Crippen molar-refractivity contribution < 1.29 is 19.2 Å². The molecule has 1 aliphatic carbocycles. The van der Waals surface area contributed by atoms with Gasteiger partial charge in [-0.3, -0.25) is 19.2 Å². The van der Waals surface area contributed by atoms with Crippen LogP contribution in [0.15, 0.2) is 60.8 Å². The first-order valence-corrected chi connectivity index (χ1v) is 8.81. The zero-order chi connectivity index (χ0) is 19.7. The molecule has 3 aromatic rings. The van der Waals surface area contributed by atoms with Crippen molar-refractivity contribution in [2.24, 2.45) is 0 Å². The van der Waals surface area contributed by atoms with E-state index >= 15 is 0 Å². The van der Waals surface area contributed by atoms with Crippen LogP contribution in [-0.2, 0) is 11.3 Å². The maximum atomic E-state index is 12.7. The molecule has 0 radical (unpaired) electrons. The number of nitrogens with zero attached hydrogens (tertiary/aromatic N) is 1. The fourth-order valence-electron chi connectivity index (χ4n) is 3.36. The standard InChI is InChI=1S/C22H16N2O4/c25-13-15-4-3-10-24(15)11-9-20(26)23-14-7-8-18-19(12-14)22(28)17-6-2-1-5-16(17)21(18)27/h1-8,10,12-13H,9,11H2,(H,23,26). The molecule has 0 atom stereocenters. The Kier molecular flexibility index (Phi) is 4.45. The number of nitrogens with one attached hydrogen (secondary N) is 1. The topological polar surface area (TPSA) is 85.2 Å². The maximum absolute atomic E-state index is 12.7. The Labute approximate surface area is 160 Å². The van der Waals surface area contributed by atoms with E-state index in [9.17, 15) is 19.2 Å². The van der Waals surface area contributed by atoms with Gasteiger partial charge in [-0.2, -0.15) is 0 Å². The lowest BCUT2D eigenvalue weighted by Gasteiger charge is -2.18. The molecule has 6 nitrogen and oxygen atoms in total. The van der Waals surface area contributed by atoms with Crippen molar-refractivity contribution >= 4 is 29.4 Å². The van der Waals surface area contributed by atoms with Crippen LogP contribution in [0.4, 0.5) is 5.69 Å². The molecular formula is C22H16N2O4. The third-order valence-electron chi connectivity index (χ3n) is 4.77. The van der Waals surface area contributed by atoms with Crippen molar-refractivity contribution in [2.45, 2.75) is 13.0 Å². The number of aldehydes is 1. The number of carbonyl (C=O) groups excluding carboxylic acids is 4. The molecule has 0 bridgehead atoms. The van der Waals surface area contributed by atoms with E-state index in [1.165, 1.54) is 6.07 Å². The summed E-state index contributed by atoms with van der Waals surface area (Å²) in [7, 11) is 0. The second-order valence-electron chi connectivity index (χ2n) is 6.51. The molecule has 1 amide bonds. The van der Waals surface area contributed by atoms with E-state index in [0.717, 1.165) is 6.29 Å². The summed E-state index contributed by atoms with van der Waals surface area (Å²) in [6.45, 7) is 0.364. The summed E-state index contributed by atoms with van der Waals surface area (Å²) in [6.07, 6.45) is 2.64. The quantitative estimate of drug-likeness (QED) is 0.546. The van der Waals surface area contributed by atoms with Gasteiger partial charge in [0.1, 0.15) is 0 Å². The third-order valence-corrected chi connectivity index (χ3v) is 4.77. The van der Waals surface area contributed by atoms with Gasteiger partial charge in [0, 0.05) is 47.1 Å². The first kappa shape index (κ1) is 17.6. The van der Waals surface area contributed by atoms with Crippen molar-refractivity contribution in [3.63, 3.8) is 0 Å². The SMILES string of the molecule is O=Cc1cccn1CCC(=O)Nc1ccc2c(c1)C(=O)c1ccccc1C2=O. The van der Waals surface area contributed by atoms with Gasteiger partial charge in [-0.1, -0.05) is 24.3 Å². The summed E-state index contributed by atoms with van der Waals surface area (Å²) in [5.74, 6) is -0.679. The number of aryl methyl sites for hydroxylation is 1. The number of fused-ring (bicyclic) bond motifs is 2. The highest BCUT2D eigenvalue weighted by Crippen LogP contribution is 2.29. The summed E-state index contributed by atoms with van der Waals surface area (Å²) < 4.78 is 1.69. The lowest BCUT2D eigenvalue weighted by atomic mass is 9.84. The van der Waals surface area contributed by atoms with E-state index < -0.39 is 0 Å². The largest absolute Gasteiger partial charge is 0.345 e. The molecule has 0 fully saturated rings. The monoisotopic (exact) mass is 372 g/mol. The van der Waals surface area contributed by atoms with Gasteiger partial charge < -0.3 is 9.88 Å². The smallest absolute Gasteiger partial charge is 0.226 e. The minimum atomic E-state index is -0.250. The number of carbonyl (C=O) groups is 4. The van der Waals surface area contributed by atoms with Crippen molar-refractivity contribution in [1.29, 1.82) is 0 Å². The molecule has 0 unspecified atom stereocenters. The van der Waals surface area contributed by atoms with Crippen molar-refractivity contribution in [2.75, 3.05) is 5.32 Å². The second kappa shape index (κ2) is 7.08. The molecule has 1 aliphatic rings. The first-order valence-electron chi connectivity index (χ1n) is 8.81. The predicted octanol–water partition coefficient (Wildman–Crippen LogP) is 3.10. The van der Waals surface area contributed by atoms with Crippen LogP contribution in [-0.4, -0.2) is 28.3 Å². The maximum Gasteiger partial charge on any atom is 0.226 e. The van der Waals surface area contributed by atoms with Crippen molar-refractivity contribution in [3.8, 4) is 0 Å². The third kappa shape index (κ3) is 3.05. The number of anilines is 1. The highest BCUT2D eigenvalue weighted by atomic mass is 16.2. The summed E-state index contributed by atoms with van der Waals surface area (Å²) in [6, 6.07) is 14.9. The van der Waals surface area contributed by atoms with E-state index in [0.29, 0.717) is 34.6 Å². The lowest BCUT2D eigenvalue weighted by Crippen LogP contribution is -2.21. The Balaban J connectivity index is 1.51. The summed E-state index contributed by atoms with van der Waals surface area (Å²) in [4.78, 5) is 48.5. The average Bonchev–Trinajstić information content (AvgIpc) is 3.18. The van der Waals surface area contributed by atoms with Gasteiger partial charge in [0.25, 0.3) is 0 Å². The van der Waals surface area contributed by atoms with E-state index in [1.54, 1.807) is 59.3 Å². The van der Waals surface area contributed by atoms with E-state index in [1.807, 2.05) is 0 Å². The molecule has 1 N–H and O–H groups in total. The highest BCUT2D eigenvalue weighted by Gasteiger charge is 2.29. The first-order chi connectivity index (χ1) is 13.6. The van der Waals surface area contributed by atoms with Gasteiger partial charge in [0.15, 0.2) is 17.9 Å². The fraction of sp³-hybridized carbons (Fsp3) is 0.0909. The van der Waals surface area contributed by atoms with Gasteiger partial charge >= 0.3 is 0 Å². The molecule has 138 valence electrons. The van der Waals surface area contributed by atoms with Crippen LogP contribution in [0.25, 0.3) is 0 Å². The zero-order valence-electron chi connectivity index (χ0n) is 14.8. The number of ketones is 2. The van der Waals surface area contributed by atoms with Gasteiger partial charge in [-0.25, -0.2) is 0 Å². The Morgan fingerprint density at radius 2 is 1.57 bits per heavy atom. The van der Waals surface area contributed by atoms with Crippen molar-refractivity contribution in [3.05, 3.63) is 88.7 Å². The summed E-state index contributed by atoms with van der Waals surface area (Å²) in [5.41, 5.74) is 2.35. The number of hydrogen-bond donors (Lipinski definition) is 1. The molecule has 0 saturated heterocycles. The predicted molar refractivity (Wildman–Crippen MR) is 103 cm³/mol. The number of hydrogen-bond acceptors (Lipinski definition) is 4. The molecule has 1 aromatic heterocycles. The van der Waals surface area contributed by atoms with Crippen LogP contribution in [0.5, 0.6) is 0 Å². The van der Waals surface area contributed by atoms with E-state index in [2.05, 4.69) is 5.32 Å². The van der Waals surface area contributed by atoms with Crippen LogP contribution < -0.4 is 5.32 Å². The number of rotatable bonds is 5. The van der Waals surface area contributed by atoms with Crippen LogP contribution in [0.3, 0.4) is 0 Å². The fourth-order valence-corrected chi connectivity index (χ4v) is 3.36.